The van der Waals surface area contributed by atoms with Crippen molar-refractivity contribution < 1.29 is 0 Å². The largest absolute Gasteiger partial charge is 0.317 e. The zero-order valence-corrected chi connectivity index (χ0v) is 11.7. The third kappa shape index (κ3) is 3.86. The summed E-state index contributed by atoms with van der Waals surface area (Å²) in [7, 11) is 2.04. The Hall–Kier alpha value is 0.130. The van der Waals surface area contributed by atoms with Crippen LogP contribution in [-0.2, 0) is 6.54 Å². The molecule has 1 aromatic heterocycles. The van der Waals surface area contributed by atoms with Crippen LogP contribution in [0.15, 0.2) is 6.20 Å². The summed E-state index contributed by atoms with van der Waals surface area (Å²) >= 11 is 7.39. The average molecular weight is 282 g/mol. The van der Waals surface area contributed by atoms with Gasteiger partial charge in [0.05, 0.1) is 0 Å². The van der Waals surface area contributed by atoms with Gasteiger partial charge in [-0.15, -0.1) is 23.7 Å². The van der Waals surface area contributed by atoms with Crippen molar-refractivity contribution in [1.82, 2.24) is 15.2 Å². The van der Waals surface area contributed by atoms with Crippen LogP contribution in [-0.4, -0.2) is 36.1 Å². The van der Waals surface area contributed by atoms with E-state index in [-0.39, 0.29) is 12.4 Å². The van der Waals surface area contributed by atoms with Gasteiger partial charge in [-0.2, -0.15) is 0 Å². The Morgan fingerprint density at radius 3 is 2.75 bits per heavy atom. The fourth-order valence-corrected chi connectivity index (χ4v) is 2.98. The van der Waals surface area contributed by atoms with E-state index in [1.165, 1.54) is 30.8 Å². The predicted octanol–water partition coefficient (Wildman–Crippen LogP) is 2.40. The standard InChI is InChI=1S/C10H16ClN3S.ClH/c1-12-8-2-4-14(5-3-8)7-9-6-13-10(11)15-9;/h6,8,12H,2-5,7H2,1H3;1H. The summed E-state index contributed by atoms with van der Waals surface area (Å²) in [5.41, 5.74) is 0. The molecular weight excluding hydrogens is 265 g/mol. The van der Waals surface area contributed by atoms with Crippen LogP contribution in [0.1, 0.15) is 17.7 Å². The first kappa shape index (κ1) is 14.2. The van der Waals surface area contributed by atoms with E-state index in [1.807, 2.05) is 13.2 Å². The molecule has 16 heavy (non-hydrogen) atoms. The number of hydrogen-bond donors (Lipinski definition) is 1. The van der Waals surface area contributed by atoms with Gasteiger partial charge in [-0.1, -0.05) is 11.6 Å². The molecule has 0 bridgehead atoms. The number of halogens is 2. The molecule has 0 saturated carbocycles. The lowest BCUT2D eigenvalue weighted by Crippen LogP contribution is -2.40. The molecule has 2 heterocycles. The van der Waals surface area contributed by atoms with Crippen molar-refractivity contribution in [2.45, 2.75) is 25.4 Å². The summed E-state index contributed by atoms with van der Waals surface area (Å²) in [5.74, 6) is 0. The van der Waals surface area contributed by atoms with E-state index < -0.39 is 0 Å². The highest BCUT2D eigenvalue weighted by Gasteiger charge is 2.18. The second kappa shape index (κ2) is 6.77. The molecule has 92 valence electrons. The summed E-state index contributed by atoms with van der Waals surface area (Å²) in [6.07, 6.45) is 4.36. The molecule has 2 rings (SSSR count). The molecular formula is C10H17Cl2N3S. The second-order valence-electron chi connectivity index (χ2n) is 3.92. The Bertz CT molecular complexity index is 311. The van der Waals surface area contributed by atoms with Gasteiger partial charge in [0.1, 0.15) is 0 Å². The van der Waals surface area contributed by atoms with E-state index in [1.54, 1.807) is 11.3 Å². The van der Waals surface area contributed by atoms with Crippen LogP contribution < -0.4 is 5.32 Å². The predicted molar refractivity (Wildman–Crippen MR) is 71.7 cm³/mol. The van der Waals surface area contributed by atoms with E-state index in [0.717, 1.165) is 6.54 Å². The summed E-state index contributed by atoms with van der Waals surface area (Å²) in [6, 6.07) is 0.700. The quantitative estimate of drug-likeness (QED) is 0.922. The van der Waals surface area contributed by atoms with Crippen LogP contribution in [0.2, 0.25) is 4.47 Å². The molecule has 1 N–H and O–H groups in total. The summed E-state index contributed by atoms with van der Waals surface area (Å²) in [6.45, 7) is 3.34. The van der Waals surface area contributed by atoms with Gasteiger partial charge >= 0.3 is 0 Å². The van der Waals surface area contributed by atoms with E-state index >= 15 is 0 Å². The molecule has 1 saturated heterocycles. The molecule has 0 aliphatic carbocycles. The fraction of sp³-hybridized carbons (Fsp3) is 0.700. The van der Waals surface area contributed by atoms with E-state index in [2.05, 4.69) is 15.2 Å². The van der Waals surface area contributed by atoms with Gasteiger partial charge in [-0.25, -0.2) is 4.98 Å². The number of hydrogen-bond acceptors (Lipinski definition) is 4. The molecule has 1 aliphatic rings. The number of thiazole rings is 1. The molecule has 0 spiro atoms. The minimum Gasteiger partial charge on any atom is -0.317 e. The monoisotopic (exact) mass is 281 g/mol. The van der Waals surface area contributed by atoms with Gasteiger partial charge < -0.3 is 5.32 Å². The maximum Gasteiger partial charge on any atom is 0.183 e. The first-order valence-corrected chi connectivity index (χ1v) is 6.47. The summed E-state index contributed by atoms with van der Waals surface area (Å²) in [5, 5.41) is 3.33. The first-order valence-electron chi connectivity index (χ1n) is 5.28. The van der Waals surface area contributed by atoms with Crippen molar-refractivity contribution >= 4 is 35.3 Å². The smallest absolute Gasteiger partial charge is 0.183 e. The van der Waals surface area contributed by atoms with Crippen molar-refractivity contribution in [3.8, 4) is 0 Å². The average Bonchev–Trinajstić information content (AvgIpc) is 2.65. The summed E-state index contributed by atoms with van der Waals surface area (Å²) < 4.78 is 0.648. The third-order valence-corrected chi connectivity index (χ3v) is 4.00. The zero-order valence-electron chi connectivity index (χ0n) is 9.28. The van der Waals surface area contributed by atoms with E-state index in [9.17, 15) is 0 Å². The number of likely N-dealkylation sites (tertiary alicyclic amines) is 1. The molecule has 0 aromatic carbocycles. The second-order valence-corrected chi connectivity index (χ2v) is 5.62. The molecule has 0 radical (unpaired) electrons. The topological polar surface area (TPSA) is 28.2 Å². The lowest BCUT2D eigenvalue weighted by molar-refractivity contribution is 0.196. The van der Waals surface area contributed by atoms with E-state index in [0.29, 0.717) is 10.5 Å². The highest BCUT2D eigenvalue weighted by Crippen LogP contribution is 2.21. The minimum atomic E-state index is 0. The molecule has 1 aromatic rings. The van der Waals surface area contributed by atoms with Crippen molar-refractivity contribution in [2.24, 2.45) is 0 Å². The van der Waals surface area contributed by atoms with Crippen molar-refractivity contribution in [3.63, 3.8) is 0 Å². The Kier molecular flexibility index (Phi) is 6.00. The van der Waals surface area contributed by atoms with Gasteiger partial charge in [-0.3, -0.25) is 4.90 Å². The normalized spacial score (nSPS) is 18.4. The molecule has 1 fully saturated rings. The molecule has 0 unspecified atom stereocenters. The lowest BCUT2D eigenvalue weighted by atomic mass is 10.1. The number of piperidine rings is 1. The summed E-state index contributed by atoms with van der Waals surface area (Å²) in [4.78, 5) is 7.79. The maximum atomic E-state index is 5.80. The molecule has 0 atom stereocenters. The van der Waals surface area contributed by atoms with Crippen molar-refractivity contribution in [1.29, 1.82) is 0 Å². The number of nitrogens with one attached hydrogen (secondary N) is 1. The van der Waals surface area contributed by atoms with Gasteiger partial charge in [0.2, 0.25) is 0 Å². The van der Waals surface area contributed by atoms with Crippen molar-refractivity contribution in [2.75, 3.05) is 20.1 Å². The number of aromatic nitrogens is 1. The fourth-order valence-electron chi connectivity index (χ4n) is 1.96. The Labute approximate surface area is 112 Å². The van der Waals surface area contributed by atoms with E-state index in [4.69, 9.17) is 11.6 Å². The molecule has 0 amide bonds. The third-order valence-electron chi connectivity index (χ3n) is 2.90. The maximum absolute atomic E-state index is 5.80. The lowest BCUT2D eigenvalue weighted by Gasteiger charge is -2.31. The minimum absolute atomic E-state index is 0. The van der Waals surface area contributed by atoms with Crippen LogP contribution in [0.25, 0.3) is 0 Å². The van der Waals surface area contributed by atoms with Gasteiger partial charge in [0.15, 0.2) is 4.47 Å². The Balaban J connectivity index is 0.00000128. The number of rotatable bonds is 3. The SMILES string of the molecule is CNC1CCN(Cc2cnc(Cl)s2)CC1.Cl. The Morgan fingerprint density at radius 2 is 2.25 bits per heavy atom. The van der Waals surface area contributed by atoms with Crippen LogP contribution in [0, 0.1) is 0 Å². The highest BCUT2D eigenvalue weighted by atomic mass is 35.5. The van der Waals surface area contributed by atoms with Gasteiger partial charge in [0, 0.05) is 23.7 Å². The van der Waals surface area contributed by atoms with Crippen LogP contribution in [0.5, 0.6) is 0 Å². The van der Waals surface area contributed by atoms with Crippen LogP contribution in [0.4, 0.5) is 0 Å². The number of nitrogens with zero attached hydrogens (tertiary/aromatic N) is 2. The molecule has 1 aliphatic heterocycles. The van der Waals surface area contributed by atoms with Gasteiger partial charge in [0.25, 0.3) is 0 Å². The first-order chi connectivity index (χ1) is 7.28. The molecule has 6 heteroatoms. The highest BCUT2D eigenvalue weighted by molar-refractivity contribution is 7.15. The zero-order chi connectivity index (χ0) is 10.7. The van der Waals surface area contributed by atoms with Gasteiger partial charge in [-0.05, 0) is 33.0 Å². The van der Waals surface area contributed by atoms with Crippen molar-refractivity contribution in [3.05, 3.63) is 15.5 Å². The molecule has 3 nitrogen and oxygen atoms in total. The Morgan fingerprint density at radius 1 is 1.56 bits per heavy atom. The van der Waals surface area contributed by atoms with Crippen LogP contribution >= 0.6 is 35.3 Å². The van der Waals surface area contributed by atoms with Crippen LogP contribution in [0.3, 0.4) is 0 Å².